The van der Waals surface area contributed by atoms with Gasteiger partial charge < -0.3 is 9.47 Å². The second kappa shape index (κ2) is 7.34. The van der Waals surface area contributed by atoms with E-state index in [9.17, 15) is 0 Å². The van der Waals surface area contributed by atoms with Gasteiger partial charge in [0.25, 0.3) is 0 Å². The number of halogens is 1. The SMILES string of the molecule is Clc1ccccc1CN1CCN(c2ccc(-n3cccc3)cc2)CC1. The van der Waals surface area contributed by atoms with Gasteiger partial charge in [-0.25, -0.2) is 0 Å². The summed E-state index contributed by atoms with van der Waals surface area (Å²) in [5.41, 5.74) is 3.72. The topological polar surface area (TPSA) is 11.4 Å². The van der Waals surface area contributed by atoms with Gasteiger partial charge in [0.1, 0.15) is 0 Å². The molecule has 4 rings (SSSR count). The molecule has 0 saturated carbocycles. The molecule has 0 N–H and O–H groups in total. The summed E-state index contributed by atoms with van der Waals surface area (Å²) in [5, 5.41) is 0.866. The largest absolute Gasteiger partial charge is 0.369 e. The summed E-state index contributed by atoms with van der Waals surface area (Å²) in [5.74, 6) is 0. The van der Waals surface area contributed by atoms with Gasteiger partial charge in [0.15, 0.2) is 0 Å². The number of nitrogens with zero attached hydrogens (tertiary/aromatic N) is 3. The predicted octanol–water partition coefficient (Wildman–Crippen LogP) is 4.45. The van der Waals surface area contributed by atoms with Gasteiger partial charge >= 0.3 is 0 Å². The second-order valence-electron chi connectivity index (χ2n) is 6.46. The average molecular weight is 352 g/mol. The molecule has 1 fully saturated rings. The summed E-state index contributed by atoms with van der Waals surface area (Å²) < 4.78 is 2.13. The Morgan fingerprint density at radius 2 is 1.36 bits per heavy atom. The number of rotatable bonds is 4. The number of piperazine rings is 1. The lowest BCUT2D eigenvalue weighted by Gasteiger charge is -2.36. The van der Waals surface area contributed by atoms with Gasteiger partial charge in [0, 0.05) is 61.5 Å². The Balaban J connectivity index is 1.36. The van der Waals surface area contributed by atoms with Gasteiger partial charge in [-0.3, -0.25) is 4.90 Å². The Morgan fingerprint density at radius 3 is 2.04 bits per heavy atom. The van der Waals surface area contributed by atoms with Gasteiger partial charge in [0.2, 0.25) is 0 Å². The van der Waals surface area contributed by atoms with Gasteiger partial charge in [-0.15, -0.1) is 0 Å². The molecule has 3 aromatic rings. The lowest BCUT2D eigenvalue weighted by Crippen LogP contribution is -2.46. The van der Waals surface area contributed by atoms with E-state index in [1.54, 1.807) is 0 Å². The molecule has 2 aromatic carbocycles. The van der Waals surface area contributed by atoms with Crippen LogP contribution in [0.3, 0.4) is 0 Å². The zero-order chi connectivity index (χ0) is 17.1. The van der Waals surface area contributed by atoms with Crippen LogP contribution in [0.25, 0.3) is 5.69 Å². The van der Waals surface area contributed by atoms with E-state index in [4.69, 9.17) is 11.6 Å². The zero-order valence-electron chi connectivity index (χ0n) is 14.2. The van der Waals surface area contributed by atoms with E-state index in [0.717, 1.165) is 37.7 Å². The van der Waals surface area contributed by atoms with E-state index < -0.39 is 0 Å². The van der Waals surface area contributed by atoms with Crippen LogP contribution in [0.4, 0.5) is 5.69 Å². The molecular weight excluding hydrogens is 330 g/mol. The number of benzene rings is 2. The maximum absolute atomic E-state index is 6.29. The summed E-state index contributed by atoms with van der Waals surface area (Å²) in [4.78, 5) is 4.94. The summed E-state index contributed by atoms with van der Waals surface area (Å²) >= 11 is 6.29. The minimum Gasteiger partial charge on any atom is -0.369 e. The van der Waals surface area contributed by atoms with Crippen LogP contribution in [0.1, 0.15) is 5.56 Å². The minimum atomic E-state index is 0.866. The molecule has 3 nitrogen and oxygen atoms in total. The molecule has 1 saturated heterocycles. The van der Waals surface area contributed by atoms with Crippen molar-refractivity contribution in [2.24, 2.45) is 0 Å². The van der Waals surface area contributed by atoms with Crippen molar-refractivity contribution in [3.63, 3.8) is 0 Å². The quantitative estimate of drug-likeness (QED) is 0.687. The second-order valence-corrected chi connectivity index (χ2v) is 6.87. The van der Waals surface area contributed by atoms with Crippen molar-refractivity contribution < 1.29 is 0 Å². The van der Waals surface area contributed by atoms with Crippen molar-refractivity contribution in [1.82, 2.24) is 9.47 Å². The van der Waals surface area contributed by atoms with Crippen molar-refractivity contribution in [2.75, 3.05) is 31.1 Å². The van der Waals surface area contributed by atoms with E-state index in [2.05, 4.69) is 63.2 Å². The molecule has 128 valence electrons. The highest BCUT2D eigenvalue weighted by Gasteiger charge is 2.18. The maximum Gasteiger partial charge on any atom is 0.0451 e. The summed E-state index contributed by atoms with van der Waals surface area (Å²) in [6.45, 7) is 5.15. The first kappa shape index (κ1) is 16.2. The first-order chi connectivity index (χ1) is 12.3. The molecule has 0 aliphatic carbocycles. The summed E-state index contributed by atoms with van der Waals surface area (Å²) in [6.07, 6.45) is 4.14. The Kier molecular flexibility index (Phi) is 4.77. The van der Waals surface area contributed by atoms with Crippen LogP contribution in [-0.4, -0.2) is 35.6 Å². The van der Waals surface area contributed by atoms with Gasteiger partial charge in [-0.1, -0.05) is 29.8 Å². The average Bonchev–Trinajstić information content (AvgIpc) is 3.19. The molecule has 0 amide bonds. The molecule has 0 unspecified atom stereocenters. The van der Waals surface area contributed by atoms with Crippen molar-refractivity contribution >= 4 is 17.3 Å². The number of hydrogen-bond donors (Lipinski definition) is 0. The minimum absolute atomic E-state index is 0.866. The molecule has 0 bridgehead atoms. The number of hydrogen-bond acceptors (Lipinski definition) is 2. The normalized spacial score (nSPS) is 15.5. The Labute approximate surface area is 154 Å². The third-order valence-electron chi connectivity index (χ3n) is 4.84. The van der Waals surface area contributed by atoms with Gasteiger partial charge in [0.05, 0.1) is 0 Å². The number of anilines is 1. The zero-order valence-corrected chi connectivity index (χ0v) is 14.9. The molecule has 1 aliphatic rings. The highest BCUT2D eigenvalue weighted by molar-refractivity contribution is 6.31. The lowest BCUT2D eigenvalue weighted by atomic mass is 10.2. The Hall–Kier alpha value is -2.23. The Bertz CT molecular complexity index is 803. The number of aromatic nitrogens is 1. The molecule has 1 aromatic heterocycles. The molecule has 25 heavy (non-hydrogen) atoms. The van der Waals surface area contributed by atoms with E-state index in [-0.39, 0.29) is 0 Å². The smallest absolute Gasteiger partial charge is 0.0451 e. The van der Waals surface area contributed by atoms with Crippen LogP contribution < -0.4 is 4.90 Å². The van der Waals surface area contributed by atoms with Crippen LogP contribution in [0.15, 0.2) is 73.1 Å². The molecule has 1 aliphatic heterocycles. The highest BCUT2D eigenvalue weighted by Crippen LogP contribution is 2.21. The van der Waals surface area contributed by atoms with Crippen LogP contribution in [0, 0.1) is 0 Å². The van der Waals surface area contributed by atoms with Gasteiger partial charge in [-0.2, -0.15) is 0 Å². The predicted molar refractivity (Wildman–Crippen MR) is 105 cm³/mol. The van der Waals surface area contributed by atoms with E-state index in [0.29, 0.717) is 0 Å². The molecule has 0 atom stereocenters. The summed E-state index contributed by atoms with van der Waals surface area (Å²) in [7, 11) is 0. The molecule has 4 heteroatoms. The molecule has 0 radical (unpaired) electrons. The molecule has 2 heterocycles. The monoisotopic (exact) mass is 351 g/mol. The molecular formula is C21H22ClN3. The van der Waals surface area contributed by atoms with E-state index in [1.807, 2.05) is 24.3 Å². The first-order valence-corrected chi connectivity index (χ1v) is 9.11. The third kappa shape index (κ3) is 3.73. The third-order valence-corrected chi connectivity index (χ3v) is 5.21. The van der Waals surface area contributed by atoms with Crippen LogP contribution in [0.2, 0.25) is 5.02 Å². The van der Waals surface area contributed by atoms with Gasteiger partial charge in [-0.05, 0) is 48.0 Å². The van der Waals surface area contributed by atoms with Crippen molar-refractivity contribution in [1.29, 1.82) is 0 Å². The van der Waals surface area contributed by atoms with E-state index >= 15 is 0 Å². The van der Waals surface area contributed by atoms with Crippen LogP contribution in [-0.2, 0) is 6.54 Å². The standard InChI is InChI=1S/C21H22ClN3/c22-21-6-2-1-5-18(21)17-23-13-15-25(16-14-23)20-9-7-19(8-10-20)24-11-3-4-12-24/h1-12H,13-17H2. The first-order valence-electron chi connectivity index (χ1n) is 8.74. The van der Waals surface area contributed by atoms with Crippen LogP contribution >= 0.6 is 11.6 Å². The van der Waals surface area contributed by atoms with Crippen molar-refractivity contribution in [3.05, 3.63) is 83.6 Å². The molecule has 0 spiro atoms. The Morgan fingerprint density at radius 1 is 0.720 bits per heavy atom. The fourth-order valence-electron chi connectivity index (χ4n) is 3.37. The highest BCUT2D eigenvalue weighted by atomic mass is 35.5. The fourth-order valence-corrected chi connectivity index (χ4v) is 3.57. The van der Waals surface area contributed by atoms with Crippen molar-refractivity contribution in [3.8, 4) is 5.69 Å². The fraction of sp³-hybridized carbons (Fsp3) is 0.238. The van der Waals surface area contributed by atoms with Crippen molar-refractivity contribution in [2.45, 2.75) is 6.54 Å². The summed E-state index contributed by atoms with van der Waals surface area (Å²) in [6, 6.07) is 21.0. The van der Waals surface area contributed by atoms with Crippen LogP contribution in [0.5, 0.6) is 0 Å². The maximum atomic E-state index is 6.29. The van der Waals surface area contributed by atoms with E-state index in [1.165, 1.54) is 16.9 Å². The lowest BCUT2D eigenvalue weighted by molar-refractivity contribution is 0.250.